The van der Waals surface area contributed by atoms with Crippen LogP contribution >= 0.6 is 39.1 Å². The van der Waals surface area contributed by atoms with Gasteiger partial charge in [-0.2, -0.15) is 0 Å². The average Bonchev–Trinajstić information content (AvgIpc) is 2.74. The number of benzene rings is 2. The molecule has 0 unspecified atom stereocenters. The SMILES string of the molecule is COc1cc(C(=O)N(Cc2cccnc2)Cc2ccc(Cl)cc2Cl)cc(Br)c1OC. The van der Waals surface area contributed by atoms with Gasteiger partial charge in [0.2, 0.25) is 0 Å². The van der Waals surface area contributed by atoms with E-state index in [2.05, 4.69) is 20.9 Å². The van der Waals surface area contributed by atoms with E-state index in [9.17, 15) is 4.79 Å². The molecule has 0 atom stereocenters. The minimum absolute atomic E-state index is 0.188. The maximum atomic E-state index is 13.5. The molecule has 0 N–H and O–H groups in total. The van der Waals surface area contributed by atoms with Crippen molar-refractivity contribution in [3.8, 4) is 11.5 Å². The van der Waals surface area contributed by atoms with Gasteiger partial charge in [0.25, 0.3) is 5.91 Å². The fourth-order valence-corrected chi connectivity index (χ4v) is 4.06. The summed E-state index contributed by atoms with van der Waals surface area (Å²) < 4.78 is 11.4. The molecule has 0 aliphatic rings. The zero-order valence-electron chi connectivity index (χ0n) is 16.4. The molecule has 3 rings (SSSR count). The number of aromatic nitrogens is 1. The summed E-state index contributed by atoms with van der Waals surface area (Å²) in [5, 5.41) is 1.04. The highest BCUT2D eigenvalue weighted by atomic mass is 79.9. The van der Waals surface area contributed by atoms with Gasteiger partial charge >= 0.3 is 0 Å². The van der Waals surface area contributed by atoms with Crippen molar-refractivity contribution < 1.29 is 14.3 Å². The van der Waals surface area contributed by atoms with Crippen molar-refractivity contribution in [1.29, 1.82) is 0 Å². The van der Waals surface area contributed by atoms with Crippen molar-refractivity contribution in [3.05, 3.63) is 86.1 Å². The van der Waals surface area contributed by atoms with Crippen LogP contribution in [0.3, 0.4) is 0 Å². The minimum Gasteiger partial charge on any atom is -0.493 e. The van der Waals surface area contributed by atoms with E-state index in [4.69, 9.17) is 32.7 Å². The summed E-state index contributed by atoms with van der Waals surface area (Å²) in [7, 11) is 3.07. The Kier molecular flexibility index (Phi) is 7.58. The predicted molar refractivity (Wildman–Crippen MR) is 122 cm³/mol. The van der Waals surface area contributed by atoms with Gasteiger partial charge in [-0.25, -0.2) is 0 Å². The van der Waals surface area contributed by atoms with Gasteiger partial charge in [-0.15, -0.1) is 0 Å². The summed E-state index contributed by atoms with van der Waals surface area (Å²) in [5.74, 6) is 0.793. The third-order valence-corrected chi connectivity index (χ3v) is 5.62. The number of carbonyl (C=O) groups is 1. The van der Waals surface area contributed by atoms with Crippen molar-refractivity contribution in [1.82, 2.24) is 9.88 Å². The van der Waals surface area contributed by atoms with Crippen LogP contribution in [0.4, 0.5) is 0 Å². The molecule has 1 aromatic heterocycles. The zero-order chi connectivity index (χ0) is 21.7. The van der Waals surface area contributed by atoms with Gasteiger partial charge in [-0.05, 0) is 57.4 Å². The highest BCUT2D eigenvalue weighted by Gasteiger charge is 2.21. The molecule has 0 aliphatic heterocycles. The number of rotatable bonds is 7. The molecular weight excluding hydrogens is 491 g/mol. The molecule has 0 saturated heterocycles. The molecule has 0 radical (unpaired) electrons. The maximum Gasteiger partial charge on any atom is 0.254 e. The van der Waals surface area contributed by atoms with Crippen LogP contribution in [-0.4, -0.2) is 30.0 Å². The van der Waals surface area contributed by atoms with E-state index in [1.54, 1.807) is 48.7 Å². The molecule has 0 aliphatic carbocycles. The number of hydrogen-bond acceptors (Lipinski definition) is 4. The van der Waals surface area contributed by atoms with Crippen LogP contribution in [-0.2, 0) is 13.1 Å². The smallest absolute Gasteiger partial charge is 0.254 e. The first-order chi connectivity index (χ1) is 14.4. The standard InChI is InChI=1S/C22H19BrCl2N2O3/c1-29-20-9-16(8-18(23)21(20)30-2)22(28)27(12-14-4-3-7-26-11-14)13-15-5-6-17(24)10-19(15)25/h3-11H,12-13H2,1-2H3. The third-order valence-electron chi connectivity index (χ3n) is 4.44. The van der Waals surface area contributed by atoms with E-state index < -0.39 is 0 Å². The molecule has 1 heterocycles. The Balaban J connectivity index is 1.98. The predicted octanol–water partition coefficient (Wildman–Crippen LogP) is 6.01. The lowest BCUT2D eigenvalue weighted by molar-refractivity contribution is 0.0729. The molecule has 5 nitrogen and oxygen atoms in total. The van der Waals surface area contributed by atoms with Crippen LogP contribution in [0.5, 0.6) is 11.5 Å². The van der Waals surface area contributed by atoms with E-state index in [-0.39, 0.29) is 5.91 Å². The first-order valence-corrected chi connectivity index (χ1v) is 10.5. The van der Waals surface area contributed by atoms with E-state index in [1.807, 2.05) is 18.2 Å². The second-order valence-electron chi connectivity index (χ2n) is 6.45. The Bertz CT molecular complexity index is 1050. The Morgan fingerprint density at radius 1 is 1.10 bits per heavy atom. The van der Waals surface area contributed by atoms with Gasteiger partial charge in [0, 0.05) is 41.1 Å². The highest BCUT2D eigenvalue weighted by molar-refractivity contribution is 9.10. The van der Waals surface area contributed by atoms with Crippen LogP contribution in [0, 0.1) is 0 Å². The van der Waals surface area contributed by atoms with E-state index >= 15 is 0 Å². The van der Waals surface area contributed by atoms with E-state index in [0.29, 0.717) is 44.7 Å². The van der Waals surface area contributed by atoms with Crippen LogP contribution in [0.15, 0.2) is 59.3 Å². The van der Waals surface area contributed by atoms with Gasteiger partial charge in [-0.3, -0.25) is 9.78 Å². The number of methoxy groups -OCH3 is 2. The summed E-state index contributed by atoms with van der Waals surface area (Å²) >= 11 is 15.8. The summed E-state index contributed by atoms with van der Waals surface area (Å²) in [4.78, 5) is 19.3. The number of hydrogen-bond donors (Lipinski definition) is 0. The van der Waals surface area contributed by atoms with Gasteiger partial charge in [-0.1, -0.05) is 35.3 Å². The highest BCUT2D eigenvalue weighted by Crippen LogP contribution is 2.37. The van der Waals surface area contributed by atoms with Crippen LogP contribution in [0.2, 0.25) is 10.0 Å². The molecule has 0 bridgehead atoms. The number of halogens is 3. The van der Waals surface area contributed by atoms with Gasteiger partial charge in [0.1, 0.15) is 0 Å². The fourth-order valence-electron chi connectivity index (χ4n) is 2.99. The molecule has 3 aromatic rings. The second kappa shape index (κ2) is 10.2. The number of nitrogens with zero attached hydrogens (tertiary/aromatic N) is 2. The first-order valence-electron chi connectivity index (χ1n) is 8.96. The molecule has 0 spiro atoms. The molecule has 1 amide bonds. The van der Waals surface area contributed by atoms with E-state index in [0.717, 1.165) is 11.1 Å². The monoisotopic (exact) mass is 508 g/mol. The first kappa shape index (κ1) is 22.4. The van der Waals surface area contributed by atoms with Gasteiger partial charge in [0.05, 0.1) is 18.7 Å². The molecule has 0 fully saturated rings. The number of amides is 1. The Morgan fingerprint density at radius 3 is 2.53 bits per heavy atom. The molecule has 30 heavy (non-hydrogen) atoms. The van der Waals surface area contributed by atoms with Crippen LogP contribution in [0.25, 0.3) is 0 Å². The Hall–Kier alpha value is -2.28. The molecular formula is C22H19BrCl2N2O3. The van der Waals surface area contributed by atoms with Gasteiger partial charge in [0.15, 0.2) is 11.5 Å². The van der Waals surface area contributed by atoms with Crippen molar-refractivity contribution in [3.63, 3.8) is 0 Å². The Labute approximate surface area is 193 Å². The topological polar surface area (TPSA) is 51.7 Å². The van der Waals surface area contributed by atoms with Crippen molar-refractivity contribution in [2.24, 2.45) is 0 Å². The lowest BCUT2D eigenvalue weighted by Crippen LogP contribution is -2.30. The fraction of sp³-hybridized carbons (Fsp3) is 0.182. The lowest BCUT2D eigenvalue weighted by Gasteiger charge is -2.24. The summed E-state index contributed by atoms with van der Waals surface area (Å²) in [6.07, 6.45) is 3.42. The van der Waals surface area contributed by atoms with Crippen LogP contribution < -0.4 is 9.47 Å². The zero-order valence-corrected chi connectivity index (χ0v) is 19.5. The van der Waals surface area contributed by atoms with Crippen LogP contribution in [0.1, 0.15) is 21.5 Å². The summed E-state index contributed by atoms with van der Waals surface area (Å²) in [6.45, 7) is 0.660. The largest absolute Gasteiger partial charge is 0.493 e. The summed E-state index contributed by atoms with van der Waals surface area (Å²) in [5.41, 5.74) is 2.14. The number of carbonyl (C=O) groups excluding carboxylic acids is 1. The maximum absolute atomic E-state index is 13.5. The minimum atomic E-state index is -0.188. The third kappa shape index (κ3) is 5.25. The normalized spacial score (nSPS) is 10.6. The van der Waals surface area contributed by atoms with E-state index in [1.165, 1.54) is 7.11 Å². The molecule has 8 heteroatoms. The quantitative estimate of drug-likeness (QED) is 0.391. The molecule has 2 aromatic carbocycles. The number of pyridine rings is 1. The molecule has 0 saturated carbocycles. The second-order valence-corrected chi connectivity index (χ2v) is 8.15. The lowest BCUT2D eigenvalue weighted by atomic mass is 10.1. The van der Waals surface area contributed by atoms with Crippen molar-refractivity contribution >= 4 is 45.0 Å². The van der Waals surface area contributed by atoms with Crippen molar-refractivity contribution in [2.75, 3.05) is 14.2 Å². The number of ether oxygens (including phenoxy) is 2. The van der Waals surface area contributed by atoms with Gasteiger partial charge < -0.3 is 14.4 Å². The molecule has 156 valence electrons. The van der Waals surface area contributed by atoms with Crippen molar-refractivity contribution in [2.45, 2.75) is 13.1 Å². The Morgan fingerprint density at radius 2 is 1.90 bits per heavy atom. The average molecular weight is 510 g/mol. The summed E-state index contributed by atoms with van der Waals surface area (Å²) in [6, 6.07) is 12.4.